The third-order valence-electron chi connectivity index (χ3n) is 6.32. The van der Waals surface area contributed by atoms with Crippen LogP contribution < -0.4 is 4.74 Å². The highest BCUT2D eigenvalue weighted by molar-refractivity contribution is 5.79. The first-order valence-electron chi connectivity index (χ1n) is 10.1. The molecule has 2 aliphatic heterocycles. The lowest BCUT2D eigenvalue weighted by molar-refractivity contribution is -0.157. The average Bonchev–Trinajstić information content (AvgIpc) is 3.24. The SMILES string of the molecule is CCOC(=O)[C@]1(Cc2ccccc2)C[C@@H]2CC[C@H]1N2Cc1cccnc1OC. The first kappa shape index (κ1) is 18.9. The maximum Gasteiger partial charge on any atom is 0.314 e. The minimum atomic E-state index is -0.476. The Labute approximate surface area is 166 Å². The maximum atomic E-state index is 13.2. The second kappa shape index (κ2) is 7.92. The Morgan fingerprint density at radius 1 is 1.21 bits per heavy atom. The minimum absolute atomic E-state index is 0.0470. The molecule has 0 radical (unpaired) electrons. The van der Waals surface area contributed by atoms with E-state index in [1.807, 2.05) is 31.2 Å². The van der Waals surface area contributed by atoms with Crippen molar-refractivity contribution >= 4 is 5.97 Å². The van der Waals surface area contributed by atoms with Crippen LogP contribution in [0.5, 0.6) is 5.88 Å². The van der Waals surface area contributed by atoms with Crippen molar-refractivity contribution in [2.75, 3.05) is 13.7 Å². The standard InChI is InChI=1S/C23H28N2O3/c1-3-28-22(26)23(14-17-8-5-4-6-9-17)15-19-11-12-20(23)25(19)16-18-10-7-13-24-21(18)27-2/h4-10,13,19-20H,3,11-12,14-16H2,1-2H3/t19-,20+,23+/m0/s1. The maximum absolute atomic E-state index is 13.2. The number of carbonyl (C=O) groups excluding carboxylic acids is 1. The number of rotatable bonds is 7. The summed E-state index contributed by atoms with van der Waals surface area (Å²) in [6.07, 6.45) is 5.49. The van der Waals surface area contributed by atoms with Gasteiger partial charge in [-0.1, -0.05) is 36.4 Å². The number of methoxy groups -OCH3 is 1. The van der Waals surface area contributed by atoms with Gasteiger partial charge < -0.3 is 9.47 Å². The van der Waals surface area contributed by atoms with Crippen LogP contribution in [0.2, 0.25) is 0 Å². The molecule has 1 aromatic carbocycles. The number of esters is 1. The molecule has 2 aliphatic rings. The van der Waals surface area contributed by atoms with Crippen molar-refractivity contribution in [1.29, 1.82) is 0 Å². The smallest absolute Gasteiger partial charge is 0.314 e. The molecule has 2 bridgehead atoms. The Bertz CT molecular complexity index is 826. The fraction of sp³-hybridized carbons (Fsp3) is 0.478. The van der Waals surface area contributed by atoms with E-state index in [4.69, 9.17) is 9.47 Å². The van der Waals surface area contributed by atoms with Gasteiger partial charge >= 0.3 is 5.97 Å². The summed E-state index contributed by atoms with van der Waals surface area (Å²) in [5, 5.41) is 0. The van der Waals surface area contributed by atoms with Crippen LogP contribution in [0, 0.1) is 5.41 Å². The van der Waals surface area contributed by atoms with Gasteiger partial charge in [0.2, 0.25) is 5.88 Å². The molecular weight excluding hydrogens is 352 g/mol. The Hall–Kier alpha value is -2.40. The minimum Gasteiger partial charge on any atom is -0.481 e. The fourth-order valence-electron chi connectivity index (χ4n) is 5.19. The number of hydrogen-bond donors (Lipinski definition) is 0. The molecule has 0 saturated carbocycles. The lowest BCUT2D eigenvalue weighted by Gasteiger charge is -2.35. The van der Waals surface area contributed by atoms with Crippen molar-refractivity contribution in [2.24, 2.45) is 5.41 Å². The van der Waals surface area contributed by atoms with Crippen molar-refractivity contribution < 1.29 is 14.3 Å². The highest BCUT2D eigenvalue weighted by Gasteiger charge is 2.60. The second-order valence-corrected chi connectivity index (χ2v) is 7.83. The van der Waals surface area contributed by atoms with E-state index < -0.39 is 5.41 Å². The molecule has 28 heavy (non-hydrogen) atoms. The Kier molecular flexibility index (Phi) is 5.36. The normalized spacial score (nSPS) is 26.4. The third kappa shape index (κ3) is 3.28. The number of aromatic nitrogens is 1. The van der Waals surface area contributed by atoms with Crippen LogP contribution in [0.4, 0.5) is 0 Å². The molecule has 2 fully saturated rings. The van der Waals surface area contributed by atoms with Crippen molar-refractivity contribution in [3.05, 3.63) is 59.8 Å². The lowest BCUT2D eigenvalue weighted by Crippen LogP contribution is -2.46. The van der Waals surface area contributed by atoms with Crippen molar-refractivity contribution in [3.63, 3.8) is 0 Å². The summed E-state index contributed by atoms with van der Waals surface area (Å²) in [4.78, 5) is 20.0. The summed E-state index contributed by atoms with van der Waals surface area (Å²) in [7, 11) is 1.66. The molecule has 0 unspecified atom stereocenters. The van der Waals surface area contributed by atoms with E-state index in [1.54, 1.807) is 13.3 Å². The molecule has 3 atom stereocenters. The van der Waals surface area contributed by atoms with Gasteiger partial charge in [0, 0.05) is 30.4 Å². The Balaban J connectivity index is 1.64. The summed E-state index contributed by atoms with van der Waals surface area (Å²) in [5.41, 5.74) is 1.79. The highest BCUT2D eigenvalue weighted by atomic mass is 16.5. The molecule has 0 N–H and O–H groups in total. The summed E-state index contributed by atoms with van der Waals surface area (Å²) in [6.45, 7) is 3.06. The molecule has 3 heterocycles. The van der Waals surface area contributed by atoms with Gasteiger partial charge in [-0.15, -0.1) is 0 Å². The second-order valence-electron chi connectivity index (χ2n) is 7.83. The van der Waals surface area contributed by atoms with Crippen LogP contribution in [0.25, 0.3) is 0 Å². The molecular formula is C23H28N2O3. The highest BCUT2D eigenvalue weighted by Crippen LogP contribution is 2.53. The number of benzene rings is 1. The van der Waals surface area contributed by atoms with Gasteiger partial charge in [0.1, 0.15) is 0 Å². The summed E-state index contributed by atoms with van der Waals surface area (Å²) >= 11 is 0. The topological polar surface area (TPSA) is 51.7 Å². The zero-order valence-corrected chi connectivity index (χ0v) is 16.6. The molecule has 0 aliphatic carbocycles. The van der Waals surface area contributed by atoms with Gasteiger partial charge in [-0.25, -0.2) is 4.98 Å². The predicted octanol–water partition coefficient (Wildman–Crippen LogP) is 3.62. The largest absolute Gasteiger partial charge is 0.481 e. The van der Waals surface area contributed by atoms with E-state index in [-0.39, 0.29) is 12.0 Å². The van der Waals surface area contributed by atoms with Crippen LogP contribution >= 0.6 is 0 Å². The Morgan fingerprint density at radius 3 is 2.79 bits per heavy atom. The predicted molar refractivity (Wildman–Crippen MR) is 107 cm³/mol. The number of nitrogens with zero attached hydrogens (tertiary/aromatic N) is 2. The first-order chi connectivity index (χ1) is 13.7. The van der Waals surface area contributed by atoms with Crippen LogP contribution in [-0.4, -0.2) is 41.7 Å². The van der Waals surface area contributed by atoms with Crippen LogP contribution in [-0.2, 0) is 22.5 Å². The van der Waals surface area contributed by atoms with E-state index >= 15 is 0 Å². The third-order valence-corrected chi connectivity index (χ3v) is 6.32. The van der Waals surface area contributed by atoms with E-state index in [0.29, 0.717) is 18.5 Å². The van der Waals surface area contributed by atoms with Gasteiger partial charge in [0.05, 0.1) is 19.1 Å². The number of fused-ring (bicyclic) bond motifs is 2. The van der Waals surface area contributed by atoms with Gasteiger partial charge in [-0.05, 0) is 44.2 Å². The summed E-state index contributed by atoms with van der Waals surface area (Å²) < 4.78 is 11.0. The van der Waals surface area contributed by atoms with Gasteiger partial charge in [0.15, 0.2) is 0 Å². The van der Waals surface area contributed by atoms with E-state index in [1.165, 1.54) is 5.56 Å². The van der Waals surface area contributed by atoms with Crippen molar-refractivity contribution in [1.82, 2.24) is 9.88 Å². The first-order valence-corrected chi connectivity index (χ1v) is 10.1. The van der Waals surface area contributed by atoms with Gasteiger partial charge in [-0.2, -0.15) is 0 Å². The molecule has 2 aromatic rings. The number of hydrogen-bond acceptors (Lipinski definition) is 5. The van der Waals surface area contributed by atoms with E-state index in [2.05, 4.69) is 28.1 Å². The molecule has 148 valence electrons. The van der Waals surface area contributed by atoms with Crippen molar-refractivity contribution in [3.8, 4) is 5.88 Å². The average molecular weight is 380 g/mol. The summed E-state index contributed by atoms with van der Waals surface area (Å²) in [6, 6.07) is 14.9. The van der Waals surface area contributed by atoms with Crippen LogP contribution in [0.15, 0.2) is 48.7 Å². The van der Waals surface area contributed by atoms with Crippen LogP contribution in [0.3, 0.4) is 0 Å². The molecule has 0 spiro atoms. The number of ether oxygens (including phenoxy) is 2. The molecule has 4 rings (SSSR count). The van der Waals surface area contributed by atoms with E-state index in [9.17, 15) is 4.79 Å². The van der Waals surface area contributed by atoms with Gasteiger partial charge in [-0.3, -0.25) is 9.69 Å². The summed E-state index contributed by atoms with van der Waals surface area (Å²) in [5.74, 6) is 0.618. The molecule has 5 heteroatoms. The molecule has 1 aromatic heterocycles. The van der Waals surface area contributed by atoms with E-state index in [0.717, 1.165) is 37.8 Å². The Morgan fingerprint density at radius 2 is 2.04 bits per heavy atom. The number of carbonyl (C=O) groups is 1. The fourth-order valence-corrected chi connectivity index (χ4v) is 5.19. The molecule has 5 nitrogen and oxygen atoms in total. The lowest BCUT2D eigenvalue weighted by atomic mass is 9.70. The monoisotopic (exact) mass is 380 g/mol. The van der Waals surface area contributed by atoms with Gasteiger partial charge in [0.25, 0.3) is 0 Å². The zero-order valence-electron chi connectivity index (χ0n) is 16.6. The molecule has 2 saturated heterocycles. The van der Waals surface area contributed by atoms with Crippen molar-refractivity contribution in [2.45, 2.75) is 51.2 Å². The number of pyridine rings is 1. The van der Waals surface area contributed by atoms with Crippen LogP contribution in [0.1, 0.15) is 37.3 Å². The molecule has 0 amide bonds. The quantitative estimate of drug-likeness (QED) is 0.687. The zero-order chi connectivity index (χ0) is 19.6.